The first kappa shape index (κ1) is 10.2. The fourth-order valence-electron chi connectivity index (χ4n) is 0.488. The molecule has 1 rings (SSSR count). The molecule has 0 aliphatic heterocycles. The van der Waals surface area contributed by atoms with Crippen LogP contribution in [-0.2, 0) is 0 Å². The predicted molar refractivity (Wildman–Crippen MR) is 48.0 cm³/mol. The summed E-state index contributed by atoms with van der Waals surface area (Å²) in [4.78, 5) is 24.8. The number of H-pyrrole nitrogens is 2. The molecular formula is C7H11N3O2. The van der Waals surface area contributed by atoms with Gasteiger partial charge in [-0.2, -0.15) is 0 Å². The van der Waals surface area contributed by atoms with E-state index in [4.69, 9.17) is 5.73 Å². The van der Waals surface area contributed by atoms with Crippen molar-refractivity contribution in [3.63, 3.8) is 0 Å². The van der Waals surface area contributed by atoms with E-state index in [2.05, 4.69) is 11.6 Å². The zero-order valence-corrected chi connectivity index (χ0v) is 6.76. The molecule has 0 aromatic carbocycles. The van der Waals surface area contributed by atoms with Crippen LogP contribution in [0.1, 0.15) is 6.92 Å². The second-order valence-corrected chi connectivity index (χ2v) is 1.95. The van der Waals surface area contributed by atoms with E-state index in [1.54, 1.807) is 6.08 Å². The Kier molecular flexibility index (Phi) is 4.21. The molecule has 1 heterocycles. The lowest BCUT2D eigenvalue weighted by molar-refractivity contribution is 1.05. The standard InChI is InChI=1S/C4H5N3O2.C3H6/c5-2-1-3(8)7-4(9)6-2;1-3-2/h1H,(H4,5,6,7,8,9);3H,1H2,2H3. The Morgan fingerprint density at radius 3 is 2.33 bits per heavy atom. The fraction of sp³-hybridized carbons (Fsp3) is 0.143. The van der Waals surface area contributed by atoms with Crippen LogP contribution in [-0.4, -0.2) is 9.97 Å². The van der Waals surface area contributed by atoms with Gasteiger partial charge in [0.1, 0.15) is 5.82 Å². The molecule has 12 heavy (non-hydrogen) atoms. The van der Waals surface area contributed by atoms with Crippen LogP contribution in [0.2, 0.25) is 0 Å². The van der Waals surface area contributed by atoms with E-state index in [-0.39, 0.29) is 5.82 Å². The lowest BCUT2D eigenvalue weighted by Gasteiger charge is -1.85. The van der Waals surface area contributed by atoms with Crippen molar-refractivity contribution in [1.82, 2.24) is 9.97 Å². The maximum absolute atomic E-state index is 10.4. The number of aromatic amines is 2. The van der Waals surface area contributed by atoms with Crippen molar-refractivity contribution in [2.45, 2.75) is 6.92 Å². The third-order valence-electron chi connectivity index (χ3n) is 0.781. The van der Waals surface area contributed by atoms with E-state index >= 15 is 0 Å². The Bertz CT molecular complexity index is 322. The van der Waals surface area contributed by atoms with Crippen LogP contribution < -0.4 is 17.0 Å². The molecule has 0 radical (unpaired) electrons. The Hall–Kier alpha value is -1.78. The van der Waals surface area contributed by atoms with Crippen molar-refractivity contribution >= 4 is 5.82 Å². The summed E-state index contributed by atoms with van der Waals surface area (Å²) in [6.45, 7) is 5.25. The number of allylic oxidation sites excluding steroid dienone is 1. The number of nitrogen functional groups attached to an aromatic ring is 1. The number of hydrogen-bond donors (Lipinski definition) is 3. The minimum Gasteiger partial charge on any atom is -0.385 e. The molecule has 0 fully saturated rings. The first-order valence-corrected chi connectivity index (χ1v) is 3.26. The molecule has 0 saturated carbocycles. The van der Waals surface area contributed by atoms with Crippen molar-refractivity contribution in [2.24, 2.45) is 0 Å². The Morgan fingerprint density at radius 2 is 2.00 bits per heavy atom. The Labute approximate surface area is 68.9 Å². The minimum atomic E-state index is -0.583. The van der Waals surface area contributed by atoms with Gasteiger partial charge in [0.2, 0.25) is 0 Å². The summed E-state index contributed by atoms with van der Waals surface area (Å²) in [6, 6.07) is 1.10. The molecule has 0 aliphatic rings. The van der Waals surface area contributed by atoms with E-state index in [9.17, 15) is 9.59 Å². The Balaban J connectivity index is 0.000000354. The van der Waals surface area contributed by atoms with E-state index in [1.165, 1.54) is 0 Å². The number of nitrogens with two attached hydrogens (primary N) is 1. The van der Waals surface area contributed by atoms with Gasteiger partial charge in [-0.3, -0.25) is 14.8 Å². The summed E-state index contributed by atoms with van der Waals surface area (Å²) < 4.78 is 0. The summed E-state index contributed by atoms with van der Waals surface area (Å²) in [5, 5.41) is 0. The van der Waals surface area contributed by atoms with Crippen LogP contribution >= 0.6 is 0 Å². The van der Waals surface area contributed by atoms with Gasteiger partial charge in [0.25, 0.3) is 5.56 Å². The third kappa shape index (κ3) is 4.10. The monoisotopic (exact) mass is 169 g/mol. The lowest BCUT2D eigenvalue weighted by atomic mass is 10.6. The molecule has 4 N–H and O–H groups in total. The van der Waals surface area contributed by atoms with E-state index in [0.29, 0.717) is 0 Å². The molecule has 0 spiro atoms. The molecule has 5 heteroatoms. The van der Waals surface area contributed by atoms with Crippen molar-refractivity contribution in [2.75, 3.05) is 5.73 Å². The molecular weight excluding hydrogens is 158 g/mol. The largest absolute Gasteiger partial charge is 0.385 e. The number of anilines is 1. The van der Waals surface area contributed by atoms with Crippen LogP contribution in [0.5, 0.6) is 0 Å². The highest BCUT2D eigenvalue weighted by molar-refractivity contribution is 5.22. The fourth-order valence-corrected chi connectivity index (χ4v) is 0.488. The van der Waals surface area contributed by atoms with Crippen molar-refractivity contribution in [1.29, 1.82) is 0 Å². The van der Waals surface area contributed by atoms with Gasteiger partial charge in [0.05, 0.1) is 0 Å². The average Bonchev–Trinajstić information content (AvgIpc) is 1.84. The zero-order valence-electron chi connectivity index (χ0n) is 6.76. The summed E-state index contributed by atoms with van der Waals surface area (Å²) >= 11 is 0. The number of aromatic nitrogens is 2. The smallest absolute Gasteiger partial charge is 0.327 e. The number of rotatable bonds is 0. The molecule has 1 aromatic rings. The zero-order chi connectivity index (χ0) is 9.56. The van der Waals surface area contributed by atoms with Gasteiger partial charge < -0.3 is 5.73 Å². The molecule has 0 bridgehead atoms. The summed E-state index contributed by atoms with van der Waals surface area (Å²) in [5.74, 6) is 0.0729. The van der Waals surface area contributed by atoms with Crippen LogP contribution in [0.15, 0.2) is 28.3 Å². The maximum atomic E-state index is 10.4. The molecule has 66 valence electrons. The van der Waals surface area contributed by atoms with Gasteiger partial charge in [-0.15, -0.1) is 6.58 Å². The SMILES string of the molecule is C=CC.Nc1cc(=O)[nH]c(=O)[nH]1. The van der Waals surface area contributed by atoms with Gasteiger partial charge >= 0.3 is 5.69 Å². The molecule has 0 unspecified atom stereocenters. The maximum Gasteiger partial charge on any atom is 0.327 e. The molecule has 0 atom stereocenters. The molecule has 0 saturated heterocycles. The highest BCUT2D eigenvalue weighted by Gasteiger charge is 1.86. The minimum absolute atomic E-state index is 0.0729. The Morgan fingerprint density at radius 1 is 1.50 bits per heavy atom. The van der Waals surface area contributed by atoms with E-state index in [0.717, 1.165) is 6.07 Å². The number of nitrogens with one attached hydrogen (secondary N) is 2. The highest BCUT2D eigenvalue weighted by Crippen LogP contribution is 1.77. The van der Waals surface area contributed by atoms with Gasteiger partial charge in [-0.1, -0.05) is 6.08 Å². The molecule has 0 aliphatic carbocycles. The van der Waals surface area contributed by atoms with Gasteiger partial charge in [-0.05, 0) is 6.92 Å². The average molecular weight is 169 g/mol. The van der Waals surface area contributed by atoms with Crippen LogP contribution in [0.25, 0.3) is 0 Å². The van der Waals surface area contributed by atoms with Crippen molar-refractivity contribution < 1.29 is 0 Å². The summed E-state index contributed by atoms with van der Waals surface area (Å²) in [6.07, 6.45) is 1.75. The summed E-state index contributed by atoms with van der Waals surface area (Å²) in [7, 11) is 0. The van der Waals surface area contributed by atoms with Gasteiger partial charge in [-0.25, -0.2) is 4.79 Å². The van der Waals surface area contributed by atoms with Crippen LogP contribution in [0.4, 0.5) is 5.82 Å². The van der Waals surface area contributed by atoms with Crippen LogP contribution in [0.3, 0.4) is 0 Å². The lowest BCUT2D eigenvalue weighted by Crippen LogP contribution is -2.22. The molecule has 5 nitrogen and oxygen atoms in total. The van der Waals surface area contributed by atoms with Crippen LogP contribution in [0, 0.1) is 0 Å². The normalized spacial score (nSPS) is 8.08. The summed E-state index contributed by atoms with van der Waals surface area (Å²) in [5.41, 5.74) is 4.01. The first-order chi connectivity index (χ1) is 5.60. The van der Waals surface area contributed by atoms with E-state index < -0.39 is 11.2 Å². The number of hydrogen-bond acceptors (Lipinski definition) is 3. The van der Waals surface area contributed by atoms with E-state index in [1.807, 2.05) is 11.9 Å². The molecule has 1 aromatic heterocycles. The van der Waals surface area contributed by atoms with Gasteiger partial charge in [0, 0.05) is 6.07 Å². The quantitative estimate of drug-likeness (QED) is 0.471. The second-order valence-electron chi connectivity index (χ2n) is 1.95. The topological polar surface area (TPSA) is 91.7 Å². The third-order valence-corrected chi connectivity index (χ3v) is 0.781. The van der Waals surface area contributed by atoms with Gasteiger partial charge in [0.15, 0.2) is 0 Å². The van der Waals surface area contributed by atoms with Crippen molar-refractivity contribution in [3.8, 4) is 0 Å². The van der Waals surface area contributed by atoms with Crippen molar-refractivity contribution in [3.05, 3.63) is 39.6 Å². The predicted octanol–water partition coefficient (Wildman–Crippen LogP) is -0.162. The highest BCUT2D eigenvalue weighted by atomic mass is 16.2. The molecule has 0 amide bonds. The second kappa shape index (κ2) is 4.95. The first-order valence-electron chi connectivity index (χ1n) is 3.26.